The topological polar surface area (TPSA) is 198 Å². The summed E-state index contributed by atoms with van der Waals surface area (Å²) in [4.78, 5) is 48.9. The lowest BCUT2D eigenvalue weighted by molar-refractivity contribution is 0.0494. The molecule has 53 heavy (non-hydrogen) atoms. The summed E-state index contributed by atoms with van der Waals surface area (Å²) in [5.74, 6) is -0.559. The highest BCUT2D eigenvalue weighted by Crippen LogP contribution is 2.33. The summed E-state index contributed by atoms with van der Waals surface area (Å²) in [6.45, 7) is 5.80. The molecule has 0 saturated carbocycles. The Morgan fingerprint density at radius 3 is 1.89 bits per heavy atom. The quantitative estimate of drug-likeness (QED) is 0.120. The molecular weight excluding hydrogens is 676 g/mol. The maximum absolute atomic E-state index is 11.9. The van der Waals surface area contributed by atoms with Gasteiger partial charge in [-0.05, 0) is 56.2 Å². The highest BCUT2D eigenvalue weighted by Gasteiger charge is 2.22. The van der Waals surface area contributed by atoms with Crippen LogP contribution in [0.15, 0.2) is 122 Å². The molecule has 0 bridgehead atoms. The second-order valence-corrected chi connectivity index (χ2v) is 11.6. The molecule has 3 aromatic carbocycles. The van der Waals surface area contributed by atoms with E-state index >= 15 is 0 Å². The van der Waals surface area contributed by atoms with Gasteiger partial charge >= 0.3 is 17.7 Å². The van der Waals surface area contributed by atoms with Crippen LogP contribution in [0.25, 0.3) is 60.8 Å². The third-order valence-electron chi connectivity index (χ3n) is 7.98. The van der Waals surface area contributed by atoms with Gasteiger partial charge in [-0.15, -0.1) is 0 Å². The van der Waals surface area contributed by atoms with Crippen LogP contribution >= 0.6 is 0 Å². The number of nitrogens with one attached hydrogen (secondary N) is 2. The number of esters is 1. The van der Waals surface area contributed by atoms with Crippen LogP contribution < -0.4 is 17.0 Å². The van der Waals surface area contributed by atoms with Crippen molar-refractivity contribution in [1.82, 2.24) is 19.9 Å². The molecule has 8 aromatic rings. The summed E-state index contributed by atoms with van der Waals surface area (Å²) in [6.07, 6.45) is 0. The normalized spacial score (nSPS) is 10.5. The van der Waals surface area contributed by atoms with E-state index in [0.29, 0.717) is 33.3 Å². The van der Waals surface area contributed by atoms with Crippen LogP contribution in [0.3, 0.4) is 0 Å². The molecule has 13 heteroatoms. The first-order chi connectivity index (χ1) is 25.7. The van der Waals surface area contributed by atoms with Crippen LogP contribution in [0.5, 0.6) is 0 Å². The van der Waals surface area contributed by atoms with Crippen molar-refractivity contribution in [2.45, 2.75) is 20.8 Å². The number of aromatic amines is 2. The molecule has 13 nitrogen and oxygen atoms in total. The third kappa shape index (κ3) is 7.67. The van der Waals surface area contributed by atoms with E-state index in [0.717, 1.165) is 33.6 Å². The van der Waals surface area contributed by atoms with Crippen molar-refractivity contribution in [2.75, 3.05) is 12.3 Å². The van der Waals surface area contributed by atoms with Gasteiger partial charge in [0.15, 0.2) is 0 Å². The number of pyridine rings is 2. The first-order valence-electron chi connectivity index (χ1n) is 16.4. The summed E-state index contributed by atoms with van der Waals surface area (Å²) in [6, 6.07) is 34.6. The number of carbonyl (C=O) groups excluding carboxylic acids is 1. The van der Waals surface area contributed by atoms with E-state index in [2.05, 4.69) is 31.0 Å². The molecule has 0 radical (unpaired) electrons. The van der Waals surface area contributed by atoms with Crippen LogP contribution in [-0.4, -0.2) is 32.5 Å². The fraction of sp³-hybridized carbons (Fsp3) is 0.100. The number of rotatable bonds is 4. The Kier molecular flexibility index (Phi) is 10.4. The van der Waals surface area contributed by atoms with Crippen molar-refractivity contribution in [3.63, 3.8) is 0 Å². The molecule has 0 aliphatic rings. The lowest BCUT2D eigenvalue weighted by Crippen LogP contribution is -2.20. The second kappa shape index (κ2) is 15.6. The van der Waals surface area contributed by atoms with Crippen molar-refractivity contribution in [3.05, 3.63) is 157 Å². The first-order valence-corrected chi connectivity index (χ1v) is 16.4. The molecule has 0 fully saturated rings. The molecule has 0 unspecified atom stereocenters. The number of furan rings is 2. The Labute approximate surface area is 301 Å². The van der Waals surface area contributed by atoms with Gasteiger partial charge in [-0.1, -0.05) is 78.9 Å². The van der Waals surface area contributed by atoms with Gasteiger partial charge in [0.2, 0.25) is 22.8 Å². The zero-order chi connectivity index (χ0) is 37.5. The third-order valence-corrected chi connectivity index (χ3v) is 7.98. The number of hydrogen-bond acceptors (Lipinski definition) is 10. The molecule has 4 N–H and O–H groups in total. The average Bonchev–Trinajstić information content (AvgIpc) is 3.72. The molecule has 0 atom stereocenters. The minimum absolute atomic E-state index is 0.0117. The molecule has 0 spiro atoms. The van der Waals surface area contributed by atoms with Crippen molar-refractivity contribution in [2.24, 2.45) is 0 Å². The first kappa shape index (κ1) is 35.4. The smallest absolute Gasteiger partial charge is 0.376 e. The van der Waals surface area contributed by atoms with Crippen LogP contribution in [0.1, 0.15) is 34.2 Å². The SMILES string of the molecule is CCOC(=O)c1oc2nc(-c3ccccc3)cc(C)c2c1N.Cc1cc(-c2ccccc2)nc2oc3c(=O)[nH]c(=O)[nH]c3c12.[O-][N+]#Cc1ccccc1. The second-order valence-electron chi connectivity index (χ2n) is 11.6. The molecule has 8 rings (SSSR count). The standard InChI is InChI=1S/C17H16N2O3.C16H11N3O3.C7H5NO/c1-3-21-17(20)15-14(18)13-10(2)9-12(19-16(13)22-15)11-7-5-4-6-8-11;1-8-7-10(9-5-3-2-4-6-9)17-15-11(8)12-13(22-15)14(20)19-16(21)18-12;9-8-6-7-4-2-1-3-5-7/h4-9H,3,18H2,1-2H3;2-7H,1H3,(H2,18,19,20,21);1-5H. The molecular formula is C40H32N6O7. The fourth-order valence-corrected chi connectivity index (χ4v) is 5.60. The number of anilines is 1. The van der Waals surface area contributed by atoms with Crippen molar-refractivity contribution in [3.8, 4) is 28.6 Å². The summed E-state index contributed by atoms with van der Waals surface area (Å²) in [7, 11) is 0. The van der Waals surface area contributed by atoms with Crippen molar-refractivity contribution < 1.29 is 18.4 Å². The highest BCUT2D eigenvalue weighted by molar-refractivity contribution is 6.04. The number of fused-ring (bicyclic) bond motifs is 4. The monoisotopic (exact) mass is 708 g/mol. The summed E-state index contributed by atoms with van der Waals surface area (Å²) < 4.78 is 16.1. The maximum Gasteiger partial charge on any atom is 0.376 e. The van der Waals surface area contributed by atoms with E-state index < -0.39 is 17.2 Å². The van der Waals surface area contributed by atoms with Gasteiger partial charge in [-0.25, -0.2) is 19.6 Å². The Balaban J connectivity index is 0.000000148. The number of ether oxygens (including phenoxy) is 1. The zero-order valence-electron chi connectivity index (χ0n) is 28.8. The molecule has 0 saturated heterocycles. The van der Waals surface area contributed by atoms with Gasteiger partial charge in [0, 0.05) is 16.1 Å². The van der Waals surface area contributed by atoms with Gasteiger partial charge in [0.1, 0.15) is 11.1 Å². The minimum Gasteiger partial charge on any atom is -0.498 e. The van der Waals surface area contributed by atoms with E-state index in [1.807, 2.05) is 105 Å². The highest BCUT2D eigenvalue weighted by atomic mass is 16.5. The number of carbonyl (C=O) groups is 1. The Bertz CT molecular complexity index is 2740. The molecule has 264 valence electrons. The molecule has 0 aliphatic carbocycles. The summed E-state index contributed by atoms with van der Waals surface area (Å²) >= 11 is 0. The van der Waals surface area contributed by atoms with Gasteiger partial charge in [0.05, 0.1) is 34.5 Å². The summed E-state index contributed by atoms with van der Waals surface area (Å²) in [5.41, 5.74) is 12.3. The van der Waals surface area contributed by atoms with E-state index in [1.54, 1.807) is 19.1 Å². The fourth-order valence-electron chi connectivity index (χ4n) is 5.60. The van der Waals surface area contributed by atoms with Gasteiger partial charge in [0.25, 0.3) is 5.56 Å². The molecule has 5 heterocycles. The number of benzene rings is 3. The number of nitrogens with two attached hydrogens (primary N) is 1. The summed E-state index contributed by atoms with van der Waals surface area (Å²) in [5, 5.41) is 13.4. The number of H-pyrrole nitrogens is 2. The maximum atomic E-state index is 11.9. The largest absolute Gasteiger partial charge is 0.498 e. The van der Waals surface area contributed by atoms with Crippen LogP contribution in [-0.2, 0) is 4.74 Å². The Morgan fingerprint density at radius 1 is 0.811 bits per heavy atom. The van der Waals surface area contributed by atoms with Crippen LogP contribution in [0, 0.1) is 25.1 Å². The van der Waals surface area contributed by atoms with Crippen molar-refractivity contribution >= 4 is 45.0 Å². The molecule has 0 aliphatic heterocycles. The van der Waals surface area contributed by atoms with E-state index in [1.165, 1.54) is 0 Å². The number of aryl methyl sites for hydroxylation is 2. The van der Waals surface area contributed by atoms with Gasteiger partial charge in [-0.2, -0.15) is 0 Å². The number of nitrogens with zero attached hydrogens (tertiary/aromatic N) is 3. The zero-order valence-corrected chi connectivity index (χ0v) is 28.8. The lowest BCUT2D eigenvalue weighted by Gasteiger charge is -2.03. The van der Waals surface area contributed by atoms with E-state index in [-0.39, 0.29) is 23.6 Å². The number of nitrogen functional groups attached to an aromatic ring is 1. The van der Waals surface area contributed by atoms with E-state index in [4.69, 9.17) is 19.3 Å². The predicted molar refractivity (Wildman–Crippen MR) is 204 cm³/mol. The Morgan fingerprint density at radius 2 is 1.34 bits per heavy atom. The number of aromatic nitrogens is 4. The van der Waals surface area contributed by atoms with E-state index in [9.17, 15) is 19.6 Å². The molecule has 0 amide bonds. The minimum atomic E-state index is -0.571. The average molecular weight is 709 g/mol. The van der Waals surface area contributed by atoms with Crippen LogP contribution in [0.2, 0.25) is 0 Å². The Hall–Kier alpha value is -7.46. The van der Waals surface area contributed by atoms with Gasteiger partial charge < -0.3 is 29.5 Å². The van der Waals surface area contributed by atoms with Crippen molar-refractivity contribution in [1.29, 1.82) is 0 Å². The number of hydrogen-bond donors (Lipinski definition) is 3. The molecule has 5 aromatic heterocycles. The van der Waals surface area contributed by atoms with Gasteiger partial charge in [-0.3, -0.25) is 9.78 Å². The lowest BCUT2D eigenvalue weighted by atomic mass is 10.1. The predicted octanol–water partition coefficient (Wildman–Crippen LogP) is 7.76. The van der Waals surface area contributed by atoms with Crippen LogP contribution in [0.4, 0.5) is 5.69 Å².